The molecule has 1 unspecified atom stereocenters. The van der Waals surface area contributed by atoms with Crippen molar-refractivity contribution in [3.63, 3.8) is 0 Å². The van der Waals surface area contributed by atoms with Crippen LogP contribution in [-0.2, 0) is 38.8 Å². The summed E-state index contributed by atoms with van der Waals surface area (Å²) in [5.41, 5.74) is 0.0515. The number of carbonyl (C=O) groups is 2. The lowest BCUT2D eigenvalue weighted by atomic mass is 9.94. The van der Waals surface area contributed by atoms with Crippen LogP contribution in [0.5, 0.6) is 0 Å². The number of halogens is 4. The quantitative estimate of drug-likeness (QED) is 0.268. The molecule has 3 aromatic rings. The van der Waals surface area contributed by atoms with Gasteiger partial charge in [0.05, 0.1) is 17.5 Å². The van der Waals surface area contributed by atoms with E-state index in [9.17, 15) is 31.2 Å². The lowest BCUT2D eigenvalue weighted by molar-refractivity contribution is -0.140. The van der Waals surface area contributed by atoms with Crippen molar-refractivity contribution in [2.75, 3.05) is 17.1 Å². The molecule has 3 aromatic carbocycles. The van der Waals surface area contributed by atoms with Gasteiger partial charge in [-0.25, -0.2) is 8.42 Å². The maximum Gasteiger partial charge on any atom is 0.416 e. The molecule has 0 heterocycles. The Labute approximate surface area is 261 Å². The number of benzene rings is 3. The van der Waals surface area contributed by atoms with Gasteiger partial charge in [-0.05, 0) is 54.3 Å². The van der Waals surface area contributed by atoms with E-state index in [-0.39, 0.29) is 30.6 Å². The molecule has 44 heavy (non-hydrogen) atoms. The molecule has 236 valence electrons. The molecule has 2 amide bonds. The fourth-order valence-electron chi connectivity index (χ4n) is 5.34. The molecule has 0 aliphatic heterocycles. The van der Waals surface area contributed by atoms with Gasteiger partial charge in [-0.1, -0.05) is 79.4 Å². The van der Waals surface area contributed by atoms with Gasteiger partial charge in [0.2, 0.25) is 21.8 Å². The van der Waals surface area contributed by atoms with Crippen LogP contribution in [0.2, 0.25) is 5.02 Å². The molecule has 0 spiro atoms. The second-order valence-electron chi connectivity index (χ2n) is 11.0. The predicted octanol–water partition coefficient (Wildman–Crippen LogP) is 6.21. The lowest BCUT2D eigenvalue weighted by Gasteiger charge is -2.35. The maximum atomic E-state index is 14.1. The number of amides is 2. The standard InChI is InChI=1S/C32H35ClF3N3O4S/c1-44(42,43)39(28-14-8-11-25(20-28)32(34,35)36)22-30(40)38(21-24-15-17-26(33)18-16-24)29(19-23-9-4-2-5-10-23)31(41)37-27-12-6-3-7-13-27/h2,4-5,8-11,14-18,20,27,29H,3,6-7,12-13,19,21-22H2,1H3,(H,37,41). The zero-order valence-electron chi connectivity index (χ0n) is 24.3. The summed E-state index contributed by atoms with van der Waals surface area (Å²) < 4.78 is 66.9. The Kier molecular flexibility index (Phi) is 11.0. The minimum Gasteiger partial charge on any atom is -0.352 e. The molecular weight excluding hydrogens is 615 g/mol. The molecule has 0 aromatic heterocycles. The van der Waals surface area contributed by atoms with E-state index in [1.807, 2.05) is 30.3 Å². The molecule has 4 rings (SSSR count). The van der Waals surface area contributed by atoms with Gasteiger partial charge in [0.15, 0.2) is 0 Å². The van der Waals surface area contributed by atoms with Crippen LogP contribution in [0, 0.1) is 0 Å². The van der Waals surface area contributed by atoms with Gasteiger partial charge >= 0.3 is 6.18 Å². The van der Waals surface area contributed by atoms with Crippen LogP contribution in [0.1, 0.15) is 48.8 Å². The van der Waals surface area contributed by atoms with Crippen molar-refractivity contribution >= 4 is 39.1 Å². The van der Waals surface area contributed by atoms with Gasteiger partial charge in [0, 0.05) is 24.0 Å². The average Bonchev–Trinajstić information content (AvgIpc) is 2.98. The number of nitrogens with one attached hydrogen (secondary N) is 1. The van der Waals surface area contributed by atoms with Crippen molar-refractivity contribution in [3.05, 3.63) is 101 Å². The van der Waals surface area contributed by atoms with Crippen molar-refractivity contribution < 1.29 is 31.2 Å². The SMILES string of the molecule is CS(=O)(=O)N(CC(=O)N(Cc1ccc(Cl)cc1)C(Cc1ccccc1)C(=O)NC1CCCCC1)c1cccc(C(F)(F)F)c1. The van der Waals surface area contributed by atoms with Crippen LogP contribution < -0.4 is 9.62 Å². The highest BCUT2D eigenvalue weighted by atomic mass is 35.5. The van der Waals surface area contributed by atoms with Crippen molar-refractivity contribution in [1.82, 2.24) is 10.2 Å². The van der Waals surface area contributed by atoms with Crippen LogP contribution in [0.25, 0.3) is 0 Å². The van der Waals surface area contributed by atoms with Crippen molar-refractivity contribution in [2.24, 2.45) is 0 Å². The first-order valence-corrected chi connectivity index (χ1v) is 16.6. The van der Waals surface area contributed by atoms with Crippen LogP contribution >= 0.6 is 11.6 Å². The Bertz CT molecular complexity index is 1530. The topological polar surface area (TPSA) is 86.8 Å². The van der Waals surface area contributed by atoms with Gasteiger partial charge in [-0.2, -0.15) is 13.2 Å². The van der Waals surface area contributed by atoms with Crippen LogP contribution in [0.3, 0.4) is 0 Å². The minimum atomic E-state index is -4.72. The third-order valence-corrected chi connectivity index (χ3v) is 9.02. The summed E-state index contributed by atoms with van der Waals surface area (Å²) in [4.78, 5) is 29.4. The molecule has 1 aliphatic carbocycles. The first kappa shape index (κ1) is 33.3. The fourth-order valence-corrected chi connectivity index (χ4v) is 6.30. The molecule has 1 aliphatic rings. The number of sulfonamides is 1. The van der Waals surface area contributed by atoms with E-state index >= 15 is 0 Å². The molecule has 0 radical (unpaired) electrons. The number of nitrogens with zero attached hydrogens (tertiary/aromatic N) is 2. The van der Waals surface area contributed by atoms with Gasteiger partial charge in [0.1, 0.15) is 12.6 Å². The van der Waals surface area contributed by atoms with Crippen LogP contribution in [0.4, 0.5) is 18.9 Å². The Balaban J connectivity index is 1.73. The van der Waals surface area contributed by atoms with Crippen LogP contribution in [-0.4, -0.2) is 50.0 Å². The van der Waals surface area contributed by atoms with E-state index in [2.05, 4.69) is 5.32 Å². The molecule has 1 N–H and O–H groups in total. The Morgan fingerprint density at radius 1 is 0.932 bits per heavy atom. The number of alkyl halides is 3. The largest absolute Gasteiger partial charge is 0.416 e. The van der Waals surface area contributed by atoms with Crippen molar-refractivity contribution in [3.8, 4) is 0 Å². The van der Waals surface area contributed by atoms with E-state index in [1.165, 1.54) is 11.0 Å². The van der Waals surface area contributed by atoms with E-state index in [1.54, 1.807) is 24.3 Å². The zero-order chi connectivity index (χ0) is 31.9. The monoisotopic (exact) mass is 649 g/mol. The van der Waals surface area contributed by atoms with Gasteiger partial charge in [-0.15, -0.1) is 0 Å². The summed E-state index contributed by atoms with van der Waals surface area (Å²) in [5, 5.41) is 3.57. The number of rotatable bonds is 11. The predicted molar refractivity (Wildman–Crippen MR) is 165 cm³/mol. The molecule has 0 saturated heterocycles. The molecule has 1 fully saturated rings. The maximum absolute atomic E-state index is 14.1. The molecule has 1 saturated carbocycles. The average molecular weight is 650 g/mol. The molecule has 0 bridgehead atoms. The first-order chi connectivity index (χ1) is 20.8. The van der Waals surface area contributed by atoms with E-state index in [0.717, 1.165) is 56.1 Å². The molecule has 1 atom stereocenters. The van der Waals surface area contributed by atoms with E-state index < -0.39 is 40.3 Å². The third-order valence-electron chi connectivity index (χ3n) is 7.63. The summed E-state index contributed by atoms with van der Waals surface area (Å²) in [6, 6.07) is 18.5. The summed E-state index contributed by atoms with van der Waals surface area (Å²) in [6.45, 7) is -0.873. The summed E-state index contributed by atoms with van der Waals surface area (Å²) in [7, 11) is -4.21. The first-order valence-electron chi connectivity index (χ1n) is 14.3. The second-order valence-corrected chi connectivity index (χ2v) is 13.4. The van der Waals surface area contributed by atoms with Gasteiger partial charge in [-0.3, -0.25) is 13.9 Å². The Morgan fingerprint density at radius 3 is 2.20 bits per heavy atom. The highest BCUT2D eigenvalue weighted by molar-refractivity contribution is 7.92. The number of hydrogen-bond donors (Lipinski definition) is 1. The third kappa shape index (κ3) is 9.22. The fraction of sp³-hybridized carbons (Fsp3) is 0.375. The second kappa shape index (κ2) is 14.5. The molecule has 12 heteroatoms. The zero-order valence-corrected chi connectivity index (χ0v) is 25.8. The highest BCUT2D eigenvalue weighted by Gasteiger charge is 2.35. The van der Waals surface area contributed by atoms with Crippen molar-refractivity contribution in [1.29, 1.82) is 0 Å². The van der Waals surface area contributed by atoms with Crippen molar-refractivity contribution in [2.45, 2.75) is 63.3 Å². The Hall–Kier alpha value is -3.57. The summed E-state index contributed by atoms with van der Waals surface area (Å²) in [5.74, 6) is -1.13. The molecular formula is C32H35ClF3N3O4S. The van der Waals surface area contributed by atoms with Crippen LogP contribution in [0.15, 0.2) is 78.9 Å². The lowest BCUT2D eigenvalue weighted by Crippen LogP contribution is -2.55. The minimum absolute atomic E-state index is 0.0559. The van der Waals surface area contributed by atoms with E-state index in [4.69, 9.17) is 11.6 Å². The van der Waals surface area contributed by atoms with Gasteiger partial charge < -0.3 is 10.2 Å². The number of anilines is 1. The number of carbonyl (C=O) groups excluding carboxylic acids is 2. The summed E-state index contributed by atoms with van der Waals surface area (Å²) >= 11 is 6.07. The Morgan fingerprint density at radius 2 is 1.59 bits per heavy atom. The van der Waals surface area contributed by atoms with Gasteiger partial charge in [0.25, 0.3) is 0 Å². The number of hydrogen-bond acceptors (Lipinski definition) is 4. The smallest absolute Gasteiger partial charge is 0.352 e. The highest BCUT2D eigenvalue weighted by Crippen LogP contribution is 2.32. The molecule has 7 nitrogen and oxygen atoms in total. The van der Waals surface area contributed by atoms with E-state index in [0.29, 0.717) is 21.0 Å². The summed E-state index contributed by atoms with van der Waals surface area (Å²) in [6.07, 6.45) is 0.894. The normalized spacial score (nSPS) is 14.9.